The molecule has 1 rings (SSSR count). The van der Waals surface area contributed by atoms with E-state index < -0.39 is 5.60 Å². The van der Waals surface area contributed by atoms with E-state index in [1.165, 1.54) is 5.56 Å². The summed E-state index contributed by atoms with van der Waals surface area (Å²) in [7, 11) is 4.36. The second-order valence-electron chi connectivity index (χ2n) is 6.22. The minimum atomic E-state index is -0.926. The van der Waals surface area contributed by atoms with Crippen LogP contribution in [-0.2, 0) is 0 Å². The van der Waals surface area contributed by atoms with Gasteiger partial charge in [0.15, 0.2) is 0 Å². The van der Waals surface area contributed by atoms with E-state index in [1.54, 1.807) is 13.8 Å². The Morgan fingerprint density at radius 1 is 1.10 bits per heavy atom. The maximum absolute atomic E-state index is 9.71. The normalized spacial score (nSPS) is 14.6. The topological polar surface area (TPSA) is 20.2 Å². The number of nitrogens with zero attached hydrogens (tertiary/aromatic N) is 1. The van der Waals surface area contributed by atoms with Crippen LogP contribution in [0, 0.1) is 11.8 Å². The van der Waals surface area contributed by atoms with Gasteiger partial charge in [-0.05, 0) is 33.6 Å². The molecule has 0 spiro atoms. The summed E-state index contributed by atoms with van der Waals surface area (Å²) in [6.07, 6.45) is 0. The van der Waals surface area contributed by atoms with Crippen LogP contribution in [0.4, 0.5) is 0 Å². The SMILES string of the molecule is C[C@H](C#CC(C)(C)O)[N+](C)(C)[C@@H](C)c1ccccc1.[I-]. The lowest BCUT2D eigenvalue weighted by molar-refractivity contribution is -0.933. The Morgan fingerprint density at radius 3 is 2.05 bits per heavy atom. The van der Waals surface area contributed by atoms with Gasteiger partial charge < -0.3 is 33.6 Å². The third kappa shape index (κ3) is 5.43. The Kier molecular flexibility index (Phi) is 7.23. The van der Waals surface area contributed by atoms with Crippen molar-refractivity contribution in [3.8, 4) is 11.8 Å². The van der Waals surface area contributed by atoms with Crippen molar-refractivity contribution in [3.63, 3.8) is 0 Å². The Hall–Kier alpha value is -0.570. The summed E-state index contributed by atoms with van der Waals surface area (Å²) in [6.45, 7) is 7.76. The third-order valence-corrected chi connectivity index (χ3v) is 3.87. The molecule has 0 aliphatic heterocycles. The van der Waals surface area contributed by atoms with E-state index in [1.807, 2.05) is 6.07 Å². The van der Waals surface area contributed by atoms with Crippen molar-refractivity contribution >= 4 is 0 Å². The first-order valence-electron chi connectivity index (χ1n) is 6.78. The zero-order chi connectivity index (χ0) is 14.7. The molecule has 0 aromatic heterocycles. The Bertz CT molecular complexity index is 465. The van der Waals surface area contributed by atoms with Crippen molar-refractivity contribution in [2.75, 3.05) is 14.1 Å². The highest BCUT2D eigenvalue weighted by molar-refractivity contribution is 5.18. The molecule has 1 aromatic carbocycles. The maximum Gasteiger partial charge on any atom is 0.148 e. The molecule has 0 heterocycles. The van der Waals surface area contributed by atoms with E-state index in [2.05, 4.69) is 64.0 Å². The summed E-state index contributed by atoms with van der Waals surface area (Å²) >= 11 is 0. The first kappa shape index (κ1) is 19.4. The van der Waals surface area contributed by atoms with Crippen molar-refractivity contribution in [1.29, 1.82) is 0 Å². The second kappa shape index (κ2) is 7.44. The van der Waals surface area contributed by atoms with Crippen LogP contribution in [-0.4, -0.2) is 35.3 Å². The molecule has 2 atom stereocenters. The monoisotopic (exact) mass is 387 g/mol. The van der Waals surface area contributed by atoms with E-state index >= 15 is 0 Å². The predicted octanol–water partition coefficient (Wildman–Crippen LogP) is -0.00920. The molecule has 20 heavy (non-hydrogen) atoms. The molecule has 0 amide bonds. The molecule has 1 aromatic rings. The van der Waals surface area contributed by atoms with Gasteiger partial charge in [-0.3, -0.25) is 0 Å². The predicted molar refractivity (Wildman–Crippen MR) is 80.5 cm³/mol. The number of hydrogen-bond acceptors (Lipinski definition) is 1. The summed E-state index contributed by atoms with van der Waals surface area (Å²) in [4.78, 5) is 0. The minimum Gasteiger partial charge on any atom is -1.00 e. The summed E-state index contributed by atoms with van der Waals surface area (Å²) in [5.41, 5.74) is 0.383. The highest BCUT2D eigenvalue weighted by atomic mass is 127. The van der Waals surface area contributed by atoms with E-state index in [-0.39, 0.29) is 30.0 Å². The van der Waals surface area contributed by atoms with Gasteiger partial charge in [-0.15, -0.1) is 0 Å². The van der Waals surface area contributed by atoms with Gasteiger partial charge in [0.1, 0.15) is 17.7 Å². The van der Waals surface area contributed by atoms with Gasteiger partial charge in [0, 0.05) is 5.56 Å². The number of quaternary nitrogens is 1. The zero-order valence-electron chi connectivity index (χ0n) is 13.3. The summed E-state index contributed by atoms with van der Waals surface area (Å²) in [5, 5.41) is 9.71. The van der Waals surface area contributed by atoms with Crippen LogP contribution in [0.2, 0.25) is 0 Å². The van der Waals surface area contributed by atoms with E-state index in [0.29, 0.717) is 6.04 Å². The molecule has 0 radical (unpaired) electrons. The third-order valence-electron chi connectivity index (χ3n) is 3.87. The number of benzene rings is 1. The van der Waals surface area contributed by atoms with Gasteiger partial charge in [0.2, 0.25) is 0 Å². The quantitative estimate of drug-likeness (QED) is 0.440. The van der Waals surface area contributed by atoms with Crippen molar-refractivity contribution in [2.24, 2.45) is 0 Å². The molecule has 2 nitrogen and oxygen atoms in total. The first-order chi connectivity index (χ1) is 8.64. The lowest BCUT2D eigenvalue weighted by atomic mass is 10.0. The Labute approximate surface area is 140 Å². The lowest BCUT2D eigenvalue weighted by Gasteiger charge is -2.39. The summed E-state index contributed by atoms with van der Waals surface area (Å²) in [6, 6.07) is 11.0. The fourth-order valence-electron chi connectivity index (χ4n) is 1.90. The molecule has 0 aliphatic rings. The Balaban J connectivity index is 0.00000361. The average Bonchev–Trinajstić information content (AvgIpc) is 2.35. The lowest BCUT2D eigenvalue weighted by Crippen LogP contribution is -3.00. The summed E-state index contributed by atoms with van der Waals surface area (Å²) < 4.78 is 0.771. The minimum absolute atomic E-state index is 0. The number of aliphatic hydroxyl groups is 1. The van der Waals surface area contributed by atoms with Crippen LogP contribution in [0.3, 0.4) is 0 Å². The molecule has 0 bridgehead atoms. The van der Waals surface area contributed by atoms with Crippen LogP contribution in [0.1, 0.15) is 39.3 Å². The fourth-order valence-corrected chi connectivity index (χ4v) is 1.90. The van der Waals surface area contributed by atoms with Crippen LogP contribution in [0.25, 0.3) is 0 Å². The molecule has 112 valence electrons. The van der Waals surface area contributed by atoms with Crippen LogP contribution < -0.4 is 24.0 Å². The fraction of sp³-hybridized carbons (Fsp3) is 0.529. The van der Waals surface area contributed by atoms with E-state index in [9.17, 15) is 5.11 Å². The van der Waals surface area contributed by atoms with Crippen LogP contribution in [0.5, 0.6) is 0 Å². The second-order valence-corrected chi connectivity index (χ2v) is 6.22. The highest BCUT2D eigenvalue weighted by Gasteiger charge is 2.30. The number of halogens is 1. The molecule has 1 N–H and O–H groups in total. The van der Waals surface area contributed by atoms with Crippen LogP contribution >= 0.6 is 0 Å². The molecule has 0 saturated heterocycles. The molecule has 0 fully saturated rings. The smallest absolute Gasteiger partial charge is 0.148 e. The average molecular weight is 387 g/mol. The van der Waals surface area contributed by atoms with Gasteiger partial charge in [-0.1, -0.05) is 36.3 Å². The van der Waals surface area contributed by atoms with Gasteiger partial charge in [0.05, 0.1) is 14.1 Å². The molecular formula is C17H26INO. The van der Waals surface area contributed by atoms with E-state index in [0.717, 1.165) is 4.48 Å². The van der Waals surface area contributed by atoms with Crippen molar-refractivity contribution in [3.05, 3.63) is 35.9 Å². The molecule has 0 saturated carbocycles. The largest absolute Gasteiger partial charge is 1.00 e. The zero-order valence-corrected chi connectivity index (χ0v) is 15.5. The van der Waals surface area contributed by atoms with Gasteiger partial charge in [0.25, 0.3) is 0 Å². The van der Waals surface area contributed by atoms with Crippen molar-refractivity contribution in [2.45, 2.75) is 45.4 Å². The van der Waals surface area contributed by atoms with Gasteiger partial charge in [-0.25, -0.2) is 0 Å². The van der Waals surface area contributed by atoms with Crippen molar-refractivity contribution < 1.29 is 33.6 Å². The standard InChI is InChI=1S/C17H26NO.HI/c1-14(12-13-17(3,4)19)18(5,6)15(2)16-10-8-7-9-11-16;/h7-11,14-15,19H,1-6H3;1H/q+1;/p-1/t14-,15+;/m1./s1. The molecule has 0 unspecified atom stereocenters. The Morgan fingerprint density at radius 2 is 1.60 bits per heavy atom. The van der Waals surface area contributed by atoms with Crippen molar-refractivity contribution in [1.82, 2.24) is 0 Å². The van der Waals surface area contributed by atoms with Gasteiger partial charge in [-0.2, -0.15) is 0 Å². The molecule has 3 heteroatoms. The molecule has 0 aliphatic carbocycles. The number of rotatable bonds is 3. The summed E-state index contributed by atoms with van der Waals surface area (Å²) in [5.74, 6) is 6.11. The van der Waals surface area contributed by atoms with Gasteiger partial charge >= 0.3 is 0 Å². The number of hydrogen-bond donors (Lipinski definition) is 1. The van der Waals surface area contributed by atoms with E-state index in [4.69, 9.17) is 0 Å². The van der Waals surface area contributed by atoms with Crippen LogP contribution in [0.15, 0.2) is 30.3 Å². The first-order valence-corrected chi connectivity index (χ1v) is 6.78. The highest BCUT2D eigenvalue weighted by Crippen LogP contribution is 2.27. The maximum atomic E-state index is 9.71. The molecular weight excluding hydrogens is 361 g/mol.